The summed E-state index contributed by atoms with van der Waals surface area (Å²) in [7, 11) is 2.14. The molecule has 5 nitrogen and oxygen atoms in total. The summed E-state index contributed by atoms with van der Waals surface area (Å²) in [4.78, 5) is 2.34. The molecule has 5 heteroatoms. The molecule has 0 aliphatic carbocycles. The summed E-state index contributed by atoms with van der Waals surface area (Å²) in [6.07, 6.45) is 2.43. The molecule has 1 unspecified atom stereocenters. The molecule has 116 valence electrons. The second kappa shape index (κ2) is 7.43. The predicted octanol–water partition coefficient (Wildman–Crippen LogP) is 1.95. The number of nitrogens with zero attached hydrogens (tertiary/aromatic N) is 2. The third-order valence-electron chi connectivity index (χ3n) is 4.01. The van der Waals surface area contributed by atoms with E-state index in [1.807, 2.05) is 12.1 Å². The Bertz CT molecular complexity index is 496. The van der Waals surface area contributed by atoms with Crippen molar-refractivity contribution >= 4 is 5.84 Å². The monoisotopic (exact) mass is 291 g/mol. The van der Waals surface area contributed by atoms with Crippen LogP contribution in [0, 0.1) is 12.8 Å². The molecule has 1 aromatic rings. The molecule has 1 heterocycles. The van der Waals surface area contributed by atoms with E-state index < -0.39 is 0 Å². The van der Waals surface area contributed by atoms with Gasteiger partial charge in [0.15, 0.2) is 5.84 Å². The Morgan fingerprint density at radius 1 is 1.52 bits per heavy atom. The Balaban J connectivity index is 1.95. The number of benzene rings is 1. The largest absolute Gasteiger partial charge is 0.409 e. The van der Waals surface area contributed by atoms with E-state index in [0.717, 1.165) is 37.4 Å². The maximum atomic E-state index is 8.72. The first-order valence-electron chi connectivity index (χ1n) is 7.44. The van der Waals surface area contributed by atoms with Gasteiger partial charge in [-0.15, -0.1) is 0 Å². The SMILES string of the molecule is Cc1cc(/C(N)=N/O)ccc1CN(C)CC1CCCOC1. The topological polar surface area (TPSA) is 71.1 Å². The summed E-state index contributed by atoms with van der Waals surface area (Å²) in [5.74, 6) is 0.790. The van der Waals surface area contributed by atoms with Gasteiger partial charge in [-0.05, 0) is 49.9 Å². The zero-order valence-electron chi connectivity index (χ0n) is 12.9. The van der Waals surface area contributed by atoms with Crippen molar-refractivity contribution in [3.63, 3.8) is 0 Å². The van der Waals surface area contributed by atoms with Crippen LogP contribution in [0.5, 0.6) is 0 Å². The molecule has 1 atom stereocenters. The molecule has 0 amide bonds. The maximum absolute atomic E-state index is 8.72. The van der Waals surface area contributed by atoms with Crippen molar-refractivity contribution in [3.05, 3.63) is 34.9 Å². The van der Waals surface area contributed by atoms with Crippen molar-refractivity contribution in [2.24, 2.45) is 16.8 Å². The number of nitrogens with two attached hydrogens (primary N) is 1. The highest BCUT2D eigenvalue weighted by Gasteiger charge is 2.16. The third-order valence-corrected chi connectivity index (χ3v) is 4.01. The molecule has 1 aliphatic rings. The summed E-state index contributed by atoms with van der Waals surface area (Å²) in [6, 6.07) is 5.91. The van der Waals surface area contributed by atoms with Crippen molar-refractivity contribution < 1.29 is 9.94 Å². The quantitative estimate of drug-likeness (QED) is 0.376. The van der Waals surface area contributed by atoms with Gasteiger partial charge < -0.3 is 20.6 Å². The minimum atomic E-state index is 0.150. The molecule has 0 aromatic heterocycles. The van der Waals surface area contributed by atoms with Gasteiger partial charge in [0.2, 0.25) is 0 Å². The van der Waals surface area contributed by atoms with Crippen LogP contribution in [0.4, 0.5) is 0 Å². The van der Waals surface area contributed by atoms with Gasteiger partial charge >= 0.3 is 0 Å². The zero-order valence-corrected chi connectivity index (χ0v) is 12.9. The van der Waals surface area contributed by atoms with Crippen LogP contribution >= 0.6 is 0 Å². The van der Waals surface area contributed by atoms with Gasteiger partial charge in [0.25, 0.3) is 0 Å². The van der Waals surface area contributed by atoms with Gasteiger partial charge in [0, 0.05) is 25.3 Å². The highest BCUT2D eigenvalue weighted by Crippen LogP contribution is 2.17. The lowest BCUT2D eigenvalue weighted by Crippen LogP contribution is -2.30. The molecule has 2 rings (SSSR count). The normalized spacial score (nSPS) is 20.0. The second-order valence-electron chi connectivity index (χ2n) is 5.91. The first kappa shape index (κ1) is 15.8. The lowest BCUT2D eigenvalue weighted by molar-refractivity contribution is 0.0411. The van der Waals surface area contributed by atoms with Crippen LogP contribution in [0.1, 0.15) is 29.5 Å². The Labute approximate surface area is 126 Å². The Morgan fingerprint density at radius 3 is 2.95 bits per heavy atom. The highest BCUT2D eigenvalue weighted by molar-refractivity contribution is 5.97. The first-order valence-corrected chi connectivity index (χ1v) is 7.44. The molecule has 1 saturated heterocycles. The average molecular weight is 291 g/mol. The number of amidine groups is 1. The second-order valence-corrected chi connectivity index (χ2v) is 5.91. The summed E-state index contributed by atoms with van der Waals surface area (Å²) >= 11 is 0. The molecule has 0 spiro atoms. The molecule has 0 bridgehead atoms. The molecule has 1 aromatic carbocycles. The van der Waals surface area contributed by atoms with Crippen molar-refractivity contribution in [2.75, 3.05) is 26.8 Å². The van der Waals surface area contributed by atoms with E-state index in [1.165, 1.54) is 18.4 Å². The molecule has 0 saturated carbocycles. The molecular weight excluding hydrogens is 266 g/mol. The number of aryl methyl sites for hydroxylation is 1. The van der Waals surface area contributed by atoms with Crippen LogP contribution in [0.2, 0.25) is 0 Å². The summed E-state index contributed by atoms with van der Waals surface area (Å²) in [6.45, 7) is 5.81. The molecule has 1 fully saturated rings. The van der Waals surface area contributed by atoms with E-state index in [1.54, 1.807) is 0 Å². The van der Waals surface area contributed by atoms with Gasteiger partial charge in [-0.1, -0.05) is 17.3 Å². The standard InChI is InChI=1S/C16H25N3O2/c1-12-8-14(16(17)18-20)5-6-15(12)10-19(2)9-13-4-3-7-21-11-13/h5-6,8,13,20H,3-4,7,9-11H2,1-2H3,(H2,17,18). The Kier molecular flexibility index (Phi) is 5.59. The van der Waals surface area contributed by atoms with Gasteiger partial charge in [0.1, 0.15) is 0 Å². The zero-order chi connectivity index (χ0) is 15.2. The molecular formula is C16H25N3O2. The van der Waals surface area contributed by atoms with Crippen molar-refractivity contribution in [3.8, 4) is 0 Å². The molecule has 0 radical (unpaired) electrons. The number of ether oxygens (including phenoxy) is 1. The average Bonchev–Trinajstić information content (AvgIpc) is 2.49. The Morgan fingerprint density at radius 2 is 2.33 bits per heavy atom. The molecule has 1 aliphatic heterocycles. The minimum absolute atomic E-state index is 0.150. The summed E-state index contributed by atoms with van der Waals surface area (Å²) in [5.41, 5.74) is 8.79. The van der Waals surface area contributed by atoms with Crippen LogP contribution < -0.4 is 5.73 Å². The van der Waals surface area contributed by atoms with Gasteiger partial charge in [-0.3, -0.25) is 0 Å². The summed E-state index contributed by atoms with van der Waals surface area (Å²) in [5, 5.41) is 11.8. The smallest absolute Gasteiger partial charge is 0.170 e. The van der Waals surface area contributed by atoms with Crippen molar-refractivity contribution in [1.82, 2.24) is 4.90 Å². The van der Waals surface area contributed by atoms with E-state index in [2.05, 4.69) is 30.1 Å². The van der Waals surface area contributed by atoms with Gasteiger partial charge in [-0.2, -0.15) is 0 Å². The van der Waals surface area contributed by atoms with Crippen LogP contribution in [0.15, 0.2) is 23.4 Å². The van der Waals surface area contributed by atoms with E-state index in [4.69, 9.17) is 15.7 Å². The number of hydrogen-bond acceptors (Lipinski definition) is 4. The Hall–Kier alpha value is -1.59. The van der Waals surface area contributed by atoms with Crippen LogP contribution in [0.25, 0.3) is 0 Å². The fraction of sp³-hybridized carbons (Fsp3) is 0.562. The van der Waals surface area contributed by atoms with E-state index >= 15 is 0 Å². The lowest BCUT2D eigenvalue weighted by Gasteiger charge is -2.27. The fourth-order valence-electron chi connectivity index (χ4n) is 2.84. The summed E-state index contributed by atoms with van der Waals surface area (Å²) < 4.78 is 5.53. The number of rotatable bonds is 5. The van der Waals surface area contributed by atoms with Gasteiger partial charge in [-0.25, -0.2) is 0 Å². The first-order chi connectivity index (χ1) is 10.1. The number of hydrogen-bond donors (Lipinski definition) is 2. The number of oxime groups is 1. The van der Waals surface area contributed by atoms with Crippen LogP contribution in [0.3, 0.4) is 0 Å². The van der Waals surface area contributed by atoms with E-state index in [0.29, 0.717) is 5.92 Å². The van der Waals surface area contributed by atoms with Crippen LogP contribution in [-0.2, 0) is 11.3 Å². The predicted molar refractivity (Wildman–Crippen MR) is 83.6 cm³/mol. The molecule has 3 N–H and O–H groups in total. The fourth-order valence-corrected chi connectivity index (χ4v) is 2.84. The third kappa shape index (κ3) is 4.44. The van der Waals surface area contributed by atoms with E-state index in [-0.39, 0.29) is 5.84 Å². The minimum Gasteiger partial charge on any atom is -0.409 e. The van der Waals surface area contributed by atoms with Gasteiger partial charge in [0.05, 0.1) is 6.61 Å². The lowest BCUT2D eigenvalue weighted by atomic mass is 10.0. The van der Waals surface area contributed by atoms with Crippen molar-refractivity contribution in [2.45, 2.75) is 26.3 Å². The van der Waals surface area contributed by atoms with E-state index in [9.17, 15) is 0 Å². The maximum Gasteiger partial charge on any atom is 0.170 e. The highest BCUT2D eigenvalue weighted by atomic mass is 16.5. The van der Waals surface area contributed by atoms with Crippen LogP contribution in [-0.4, -0.2) is 42.7 Å². The molecule has 21 heavy (non-hydrogen) atoms. The van der Waals surface area contributed by atoms with Crippen molar-refractivity contribution in [1.29, 1.82) is 0 Å².